The van der Waals surface area contributed by atoms with Crippen LogP contribution in [0, 0.1) is 0 Å². The summed E-state index contributed by atoms with van der Waals surface area (Å²) >= 11 is 3.51. The van der Waals surface area contributed by atoms with Crippen LogP contribution in [0.5, 0.6) is 0 Å². The molecule has 0 radical (unpaired) electrons. The van der Waals surface area contributed by atoms with Crippen LogP contribution < -0.4 is 0 Å². The van der Waals surface area contributed by atoms with E-state index in [0.717, 1.165) is 10.9 Å². The highest BCUT2D eigenvalue weighted by atomic mass is 79.9. The maximum absolute atomic E-state index is 3.51. The van der Waals surface area contributed by atoms with Crippen molar-refractivity contribution in [2.45, 2.75) is 19.3 Å². The maximum Gasteiger partial charge on any atom is 0.0178 e. The third kappa shape index (κ3) is 1.92. The Morgan fingerprint density at radius 3 is 2.38 bits per heavy atom. The van der Waals surface area contributed by atoms with Crippen molar-refractivity contribution in [3.05, 3.63) is 69.2 Å². The third-order valence-corrected chi connectivity index (χ3v) is 3.72. The van der Waals surface area contributed by atoms with E-state index < -0.39 is 0 Å². The van der Waals surface area contributed by atoms with Gasteiger partial charge in [0.1, 0.15) is 0 Å². The molecular formula is C15H13Br. The van der Waals surface area contributed by atoms with Crippen LogP contribution in [0.3, 0.4) is 0 Å². The third-order valence-electron chi connectivity index (χ3n) is 3.23. The van der Waals surface area contributed by atoms with Crippen LogP contribution >= 0.6 is 15.9 Å². The minimum absolute atomic E-state index is 1.03. The molecule has 0 spiro atoms. The number of aryl methyl sites for hydroxylation is 2. The van der Waals surface area contributed by atoms with Crippen LogP contribution in [-0.4, -0.2) is 0 Å². The molecule has 0 amide bonds. The molecule has 2 aromatic carbocycles. The first-order chi connectivity index (χ1) is 7.81. The fourth-order valence-corrected chi connectivity index (χ4v) is 2.69. The Morgan fingerprint density at radius 2 is 1.69 bits per heavy atom. The molecule has 0 saturated heterocycles. The standard InChI is InChI=1S/C15H13Br/c16-15-3-1-2-11(10-15)8-12-4-5-13-6-7-14(13)9-12/h1-5,9-10H,6-8H2. The molecular weight excluding hydrogens is 260 g/mol. The number of halogens is 1. The molecule has 0 saturated carbocycles. The van der Waals surface area contributed by atoms with Crippen molar-refractivity contribution in [3.8, 4) is 0 Å². The molecule has 0 nitrogen and oxygen atoms in total. The molecule has 0 fully saturated rings. The highest BCUT2D eigenvalue weighted by Crippen LogP contribution is 2.25. The monoisotopic (exact) mass is 272 g/mol. The molecule has 80 valence electrons. The van der Waals surface area contributed by atoms with Crippen LogP contribution in [0.1, 0.15) is 22.3 Å². The molecule has 0 unspecified atom stereocenters. The summed E-state index contributed by atoms with van der Waals surface area (Å²) in [5.41, 5.74) is 5.88. The molecule has 2 aromatic rings. The van der Waals surface area contributed by atoms with E-state index in [9.17, 15) is 0 Å². The molecule has 1 aliphatic rings. The molecule has 0 aliphatic heterocycles. The average molecular weight is 273 g/mol. The van der Waals surface area contributed by atoms with Gasteiger partial charge in [-0.2, -0.15) is 0 Å². The lowest BCUT2D eigenvalue weighted by Crippen LogP contribution is -2.08. The number of rotatable bonds is 2. The van der Waals surface area contributed by atoms with Gasteiger partial charge in [-0.25, -0.2) is 0 Å². The lowest BCUT2D eigenvalue weighted by Gasteiger charge is -2.19. The fraction of sp³-hybridized carbons (Fsp3) is 0.200. The van der Waals surface area contributed by atoms with E-state index in [1.165, 1.54) is 29.5 Å². The molecule has 0 heterocycles. The number of benzene rings is 2. The van der Waals surface area contributed by atoms with E-state index in [0.29, 0.717) is 0 Å². The first kappa shape index (κ1) is 10.1. The van der Waals surface area contributed by atoms with Gasteiger partial charge in [0.05, 0.1) is 0 Å². The molecule has 0 N–H and O–H groups in total. The fourth-order valence-electron chi connectivity index (χ4n) is 2.24. The Labute approximate surface area is 104 Å². The van der Waals surface area contributed by atoms with Gasteiger partial charge in [-0.05, 0) is 53.6 Å². The molecule has 0 aromatic heterocycles. The zero-order chi connectivity index (χ0) is 11.0. The minimum Gasteiger partial charge on any atom is -0.0609 e. The van der Waals surface area contributed by atoms with Crippen molar-refractivity contribution in [2.75, 3.05) is 0 Å². The predicted molar refractivity (Wildman–Crippen MR) is 70.8 cm³/mol. The Morgan fingerprint density at radius 1 is 0.875 bits per heavy atom. The van der Waals surface area contributed by atoms with Gasteiger partial charge >= 0.3 is 0 Å². The summed E-state index contributed by atoms with van der Waals surface area (Å²) in [4.78, 5) is 0. The molecule has 3 rings (SSSR count). The van der Waals surface area contributed by atoms with E-state index in [2.05, 4.69) is 58.4 Å². The Kier molecular flexibility index (Phi) is 2.56. The SMILES string of the molecule is Brc1cccc(Cc2ccc3c(c2)CC3)c1. The van der Waals surface area contributed by atoms with Gasteiger partial charge in [-0.3, -0.25) is 0 Å². The molecule has 16 heavy (non-hydrogen) atoms. The highest BCUT2D eigenvalue weighted by molar-refractivity contribution is 9.10. The largest absolute Gasteiger partial charge is 0.0609 e. The highest BCUT2D eigenvalue weighted by Gasteiger charge is 2.12. The van der Waals surface area contributed by atoms with E-state index in [4.69, 9.17) is 0 Å². The minimum atomic E-state index is 1.03. The van der Waals surface area contributed by atoms with Crippen LogP contribution in [0.2, 0.25) is 0 Å². The van der Waals surface area contributed by atoms with E-state index >= 15 is 0 Å². The van der Waals surface area contributed by atoms with Crippen LogP contribution in [0.25, 0.3) is 0 Å². The molecule has 0 atom stereocenters. The zero-order valence-electron chi connectivity index (χ0n) is 9.04. The lowest BCUT2D eigenvalue weighted by atomic mass is 9.86. The van der Waals surface area contributed by atoms with Crippen LogP contribution in [0.4, 0.5) is 0 Å². The number of hydrogen-bond acceptors (Lipinski definition) is 0. The van der Waals surface area contributed by atoms with Gasteiger partial charge in [-0.1, -0.05) is 46.3 Å². The predicted octanol–water partition coefficient (Wildman–Crippen LogP) is 4.14. The van der Waals surface area contributed by atoms with Crippen molar-refractivity contribution in [2.24, 2.45) is 0 Å². The first-order valence-corrected chi connectivity index (χ1v) is 6.46. The Balaban J connectivity index is 1.86. The van der Waals surface area contributed by atoms with Gasteiger partial charge in [-0.15, -0.1) is 0 Å². The van der Waals surface area contributed by atoms with Gasteiger partial charge in [0.2, 0.25) is 0 Å². The number of fused-ring (bicyclic) bond motifs is 1. The van der Waals surface area contributed by atoms with E-state index in [-0.39, 0.29) is 0 Å². The van der Waals surface area contributed by atoms with Crippen molar-refractivity contribution < 1.29 is 0 Å². The van der Waals surface area contributed by atoms with Gasteiger partial charge < -0.3 is 0 Å². The summed E-state index contributed by atoms with van der Waals surface area (Å²) in [5, 5.41) is 0. The van der Waals surface area contributed by atoms with Crippen LogP contribution in [-0.2, 0) is 19.3 Å². The Bertz CT molecular complexity index is 529. The smallest absolute Gasteiger partial charge is 0.0178 e. The summed E-state index contributed by atoms with van der Waals surface area (Å²) < 4.78 is 1.16. The van der Waals surface area contributed by atoms with E-state index in [1.807, 2.05) is 0 Å². The quantitative estimate of drug-likeness (QED) is 0.771. The summed E-state index contributed by atoms with van der Waals surface area (Å²) in [5.74, 6) is 0. The summed E-state index contributed by atoms with van der Waals surface area (Å²) in [6.45, 7) is 0. The topological polar surface area (TPSA) is 0 Å². The first-order valence-electron chi connectivity index (χ1n) is 5.66. The summed E-state index contributed by atoms with van der Waals surface area (Å²) in [6.07, 6.45) is 3.57. The number of hydrogen-bond donors (Lipinski definition) is 0. The second-order valence-electron chi connectivity index (χ2n) is 4.41. The molecule has 1 heteroatoms. The summed E-state index contributed by atoms with van der Waals surface area (Å²) in [7, 11) is 0. The maximum atomic E-state index is 3.51. The van der Waals surface area contributed by atoms with E-state index in [1.54, 1.807) is 5.56 Å². The average Bonchev–Trinajstić information content (AvgIpc) is 2.22. The van der Waals surface area contributed by atoms with Gasteiger partial charge in [0.15, 0.2) is 0 Å². The van der Waals surface area contributed by atoms with Crippen molar-refractivity contribution in [1.29, 1.82) is 0 Å². The second-order valence-corrected chi connectivity index (χ2v) is 5.33. The van der Waals surface area contributed by atoms with Crippen molar-refractivity contribution >= 4 is 15.9 Å². The summed E-state index contributed by atoms with van der Waals surface area (Å²) in [6, 6.07) is 15.5. The van der Waals surface area contributed by atoms with Crippen molar-refractivity contribution in [1.82, 2.24) is 0 Å². The van der Waals surface area contributed by atoms with Gasteiger partial charge in [0, 0.05) is 4.47 Å². The van der Waals surface area contributed by atoms with Crippen LogP contribution in [0.15, 0.2) is 46.9 Å². The zero-order valence-corrected chi connectivity index (χ0v) is 10.6. The second kappa shape index (κ2) is 4.06. The van der Waals surface area contributed by atoms with Gasteiger partial charge in [0.25, 0.3) is 0 Å². The van der Waals surface area contributed by atoms with Crippen molar-refractivity contribution in [3.63, 3.8) is 0 Å². The molecule has 0 bridgehead atoms. The molecule has 1 aliphatic carbocycles. The lowest BCUT2D eigenvalue weighted by molar-refractivity contribution is 0.834. The normalized spacial score (nSPS) is 13.1. The Hall–Kier alpha value is -1.08.